The molecule has 3 N–H and O–H groups in total. The van der Waals surface area contributed by atoms with Gasteiger partial charge in [-0.25, -0.2) is 0 Å². The van der Waals surface area contributed by atoms with Gasteiger partial charge in [0.2, 0.25) is 5.91 Å². The summed E-state index contributed by atoms with van der Waals surface area (Å²) in [5.41, 5.74) is 8.92. The van der Waals surface area contributed by atoms with Gasteiger partial charge in [0.1, 0.15) is 0 Å². The third-order valence-corrected chi connectivity index (χ3v) is 2.85. The van der Waals surface area contributed by atoms with E-state index in [0.29, 0.717) is 13.0 Å². The van der Waals surface area contributed by atoms with Gasteiger partial charge in [0.15, 0.2) is 0 Å². The highest BCUT2D eigenvalue weighted by atomic mass is 16.1. The van der Waals surface area contributed by atoms with Crippen LogP contribution in [0, 0.1) is 13.8 Å². The first-order valence-electron chi connectivity index (χ1n) is 5.59. The van der Waals surface area contributed by atoms with Crippen molar-refractivity contribution in [3.63, 3.8) is 0 Å². The Balaban J connectivity index is 2.55. The summed E-state index contributed by atoms with van der Waals surface area (Å²) in [4.78, 5) is 10.6. The van der Waals surface area contributed by atoms with Crippen molar-refractivity contribution < 1.29 is 4.79 Å². The highest BCUT2D eigenvalue weighted by Gasteiger charge is 2.05. The van der Waals surface area contributed by atoms with E-state index in [9.17, 15) is 4.79 Å². The first-order chi connectivity index (χ1) is 7.50. The second-order valence-corrected chi connectivity index (χ2v) is 4.24. The van der Waals surface area contributed by atoms with Gasteiger partial charge in [-0.15, -0.1) is 0 Å². The lowest BCUT2D eigenvalue weighted by atomic mass is 10.0. The molecule has 0 aliphatic carbocycles. The van der Waals surface area contributed by atoms with Crippen LogP contribution in [-0.2, 0) is 4.79 Å². The molecule has 0 spiro atoms. The smallest absolute Gasteiger partial charge is 0.218 e. The minimum absolute atomic E-state index is 0.249. The van der Waals surface area contributed by atoms with E-state index >= 15 is 0 Å². The van der Waals surface area contributed by atoms with Crippen LogP contribution >= 0.6 is 0 Å². The first-order valence-corrected chi connectivity index (χ1v) is 5.59. The van der Waals surface area contributed by atoms with Gasteiger partial charge in [-0.2, -0.15) is 0 Å². The third kappa shape index (κ3) is 3.66. The van der Waals surface area contributed by atoms with Crippen molar-refractivity contribution in [2.24, 2.45) is 5.73 Å². The van der Waals surface area contributed by atoms with Gasteiger partial charge in [-0.05, 0) is 37.5 Å². The summed E-state index contributed by atoms with van der Waals surface area (Å²) in [7, 11) is 0. The molecule has 0 aliphatic rings. The molecule has 0 radical (unpaired) electrons. The van der Waals surface area contributed by atoms with Crippen LogP contribution in [-0.4, -0.2) is 12.5 Å². The van der Waals surface area contributed by atoms with Crippen molar-refractivity contribution in [1.82, 2.24) is 5.32 Å². The molecule has 3 nitrogen and oxygen atoms in total. The number of aryl methyl sites for hydroxylation is 2. The van der Waals surface area contributed by atoms with Gasteiger partial charge in [-0.1, -0.05) is 18.2 Å². The normalized spacial score (nSPS) is 12.4. The lowest BCUT2D eigenvalue weighted by Crippen LogP contribution is -2.24. The van der Waals surface area contributed by atoms with E-state index in [4.69, 9.17) is 5.73 Å². The topological polar surface area (TPSA) is 55.1 Å². The Hall–Kier alpha value is -1.35. The summed E-state index contributed by atoms with van der Waals surface area (Å²) >= 11 is 0. The predicted octanol–water partition coefficient (Wildman–Crippen LogP) is 1.83. The van der Waals surface area contributed by atoms with E-state index in [-0.39, 0.29) is 11.9 Å². The number of benzene rings is 1. The molecule has 0 aliphatic heterocycles. The van der Waals surface area contributed by atoms with Gasteiger partial charge in [0, 0.05) is 19.0 Å². The number of carbonyl (C=O) groups is 1. The molecule has 0 saturated carbocycles. The molecule has 0 heterocycles. The van der Waals surface area contributed by atoms with Crippen molar-refractivity contribution in [1.29, 1.82) is 0 Å². The maximum atomic E-state index is 10.6. The van der Waals surface area contributed by atoms with Crippen LogP contribution < -0.4 is 11.1 Å². The van der Waals surface area contributed by atoms with Gasteiger partial charge in [0.05, 0.1) is 0 Å². The fourth-order valence-electron chi connectivity index (χ4n) is 1.56. The maximum absolute atomic E-state index is 10.6. The number of amides is 1. The van der Waals surface area contributed by atoms with Crippen molar-refractivity contribution in [3.05, 3.63) is 34.9 Å². The molecule has 1 aromatic carbocycles. The molecule has 1 amide bonds. The molecule has 0 fully saturated rings. The Bertz CT molecular complexity index is 374. The van der Waals surface area contributed by atoms with E-state index in [1.807, 2.05) is 0 Å². The zero-order valence-corrected chi connectivity index (χ0v) is 10.2. The van der Waals surface area contributed by atoms with Crippen LogP contribution in [0.25, 0.3) is 0 Å². The summed E-state index contributed by atoms with van der Waals surface area (Å²) in [6.45, 7) is 6.92. The van der Waals surface area contributed by atoms with E-state index in [1.165, 1.54) is 16.7 Å². The molecule has 1 unspecified atom stereocenters. The number of carbonyl (C=O) groups excluding carboxylic acids is 1. The summed E-state index contributed by atoms with van der Waals surface area (Å²) < 4.78 is 0. The summed E-state index contributed by atoms with van der Waals surface area (Å²) in [5.74, 6) is -0.264. The minimum Gasteiger partial charge on any atom is -0.370 e. The van der Waals surface area contributed by atoms with Crippen molar-refractivity contribution in [2.45, 2.75) is 33.2 Å². The molecule has 16 heavy (non-hydrogen) atoms. The summed E-state index contributed by atoms with van der Waals surface area (Å²) in [5, 5.41) is 3.28. The van der Waals surface area contributed by atoms with Crippen LogP contribution in [0.2, 0.25) is 0 Å². The lowest BCUT2D eigenvalue weighted by Gasteiger charge is -2.15. The zero-order valence-electron chi connectivity index (χ0n) is 10.2. The molecule has 0 aromatic heterocycles. The number of rotatable bonds is 5. The predicted molar refractivity (Wildman–Crippen MR) is 66.1 cm³/mol. The van der Waals surface area contributed by atoms with Crippen molar-refractivity contribution in [3.8, 4) is 0 Å². The summed E-state index contributed by atoms with van der Waals surface area (Å²) in [6.07, 6.45) is 0.384. The standard InChI is InChI=1S/C13H20N2O/c1-9-4-5-12(8-10(9)2)11(3)15-7-6-13(14)16/h4-5,8,11,15H,6-7H2,1-3H3,(H2,14,16). The molecule has 1 rings (SSSR count). The third-order valence-electron chi connectivity index (χ3n) is 2.85. The fourth-order valence-corrected chi connectivity index (χ4v) is 1.56. The number of hydrogen-bond donors (Lipinski definition) is 2. The van der Waals surface area contributed by atoms with E-state index in [0.717, 1.165) is 0 Å². The van der Waals surface area contributed by atoms with Crippen molar-refractivity contribution in [2.75, 3.05) is 6.54 Å². The van der Waals surface area contributed by atoms with Crippen LogP contribution in [0.4, 0.5) is 0 Å². The number of nitrogens with two attached hydrogens (primary N) is 1. The van der Waals surface area contributed by atoms with Crippen LogP contribution in [0.15, 0.2) is 18.2 Å². The van der Waals surface area contributed by atoms with Gasteiger partial charge in [0.25, 0.3) is 0 Å². The number of nitrogens with one attached hydrogen (secondary N) is 1. The molecule has 1 atom stereocenters. The Morgan fingerprint density at radius 3 is 2.62 bits per heavy atom. The van der Waals surface area contributed by atoms with Crippen LogP contribution in [0.3, 0.4) is 0 Å². The zero-order chi connectivity index (χ0) is 12.1. The Morgan fingerprint density at radius 2 is 2.06 bits per heavy atom. The molecule has 1 aromatic rings. The molecule has 0 bridgehead atoms. The summed E-state index contributed by atoms with van der Waals surface area (Å²) in [6, 6.07) is 6.66. The highest BCUT2D eigenvalue weighted by Crippen LogP contribution is 2.16. The van der Waals surface area contributed by atoms with Crippen LogP contribution in [0.5, 0.6) is 0 Å². The fraction of sp³-hybridized carbons (Fsp3) is 0.462. The van der Waals surface area contributed by atoms with Crippen LogP contribution in [0.1, 0.15) is 36.1 Å². The quantitative estimate of drug-likeness (QED) is 0.795. The molecule has 88 valence electrons. The first kappa shape index (κ1) is 12.7. The van der Waals surface area contributed by atoms with Gasteiger partial charge < -0.3 is 11.1 Å². The Kier molecular flexibility index (Phi) is 4.50. The average Bonchev–Trinajstić information content (AvgIpc) is 2.21. The molecule has 0 saturated heterocycles. The average molecular weight is 220 g/mol. The SMILES string of the molecule is Cc1ccc(C(C)NCCC(N)=O)cc1C. The van der Waals surface area contributed by atoms with Gasteiger partial charge >= 0.3 is 0 Å². The molecular formula is C13H20N2O. The number of hydrogen-bond acceptors (Lipinski definition) is 2. The Morgan fingerprint density at radius 1 is 1.38 bits per heavy atom. The van der Waals surface area contributed by atoms with E-state index in [2.05, 4.69) is 44.3 Å². The second-order valence-electron chi connectivity index (χ2n) is 4.24. The second kappa shape index (κ2) is 5.66. The highest BCUT2D eigenvalue weighted by molar-refractivity contribution is 5.73. The Labute approximate surface area is 97.0 Å². The largest absolute Gasteiger partial charge is 0.370 e. The molecule has 3 heteroatoms. The van der Waals surface area contributed by atoms with E-state index in [1.54, 1.807) is 0 Å². The van der Waals surface area contributed by atoms with E-state index < -0.39 is 0 Å². The monoisotopic (exact) mass is 220 g/mol. The lowest BCUT2D eigenvalue weighted by molar-refractivity contribution is -0.117. The van der Waals surface area contributed by atoms with Gasteiger partial charge in [-0.3, -0.25) is 4.79 Å². The maximum Gasteiger partial charge on any atom is 0.218 e. The number of primary amides is 1. The minimum atomic E-state index is -0.264. The van der Waals surface area contributed by atoms with Crippen molar-refractivity contribution >= 4 is 5.91 Å². The molecular weight excluding hydrogens is 200 g/mol.